The molecular formula is C33H37ClN2O4. The molecule has 40 heavy (non-hydrogen) atoms. The molecule has 0 fully saturated rings. The van der Waals surface area contributed by atoms with Gasteiger partial charge in [0, 0.05) is 28.7 Å². The van der Waals surface area contributed by atoms with E-state index < -0.39 is 12.1 Å². The number of aliphatic carboxylic acids is 1. The summed E-state index contributed by atoms with van der Waals surface area (Å²) in [5, 5.41) is 13.9. The topological polar surface area (TPSA) is 80.6 Å². The summed E-state index contributed by atoms with van der Waals surface area (Å²) in [6.45, 7) is 12.7. The molecule has 0 saturated heterocycles. The van der Waals surface area contributed by atoms with Crippen LogP contribution in [0.1, 0.15) is 84.4 Å². The number of benzene rings is 3. The second-order valence-electron chi connectivity index (χ2n) is 10.7. The van der Waals surface area contributed by atoms with Crippen LogP contribution in [-0.4, -0.2) is 27.7 Å². The zero-order chi connectivity index (χ0) is 29.1. The third kappa shape index (κ3) is 6.18. The van der Waals surface area contributed by atoms with Gasteiger partial charge in [0.1, 0.15) is 5.75 Å². The van der Waals surface area contributed by atoms with Gasteiger partial charge in [-0.25, -0.2) is 4.79 Å². The molecule has 2 N–H and O–H groups in total. The molecule has 0 aliphatic carbocycles. The van der Waals surface area contributed by atoms with Gasteiger partial charge < -0.3 is 19.7 Å². The van der Waals surface area contributed by atoms with Gasteiger partial charge in [0.15, 0.2) is 6.10 Å². The van der Waals surface area contributed by atoms with Crippen LogP contribution in [0.4, 0.5) is 0 Å². The summed E-state index contributed by atoms with van der Waals surface area (Å²) in [6.07, 6.45) is -0.634. The molecule has 0 radical (unpaired) electrons. The minimum Gasteiger partial charge on any atom is -0.479 e. The van der Waals surface area contributed by atoms with E-state index in [9.17, 15) is 14.7 Å². The van der Waals surface area contributed by atoms with Crippen molar-refractivity contribution in [3.05, 3.63) is 99.2 Å². The lowest BCUT2D eigenvalue weighted by Crippen LogP contribution is -2.26. The first-order valence-electron chi connectivity index (χ1n) is 13.7. The second kappa shape index (κ2) is 12.2. The molecule has 0 bridgehead atoms. The van der Waals surface area contributed by atoms with Crippen LogP contribution < -0.4 is 10.1 Å². The maximum atomic E-state index is 13.2. The number of hydrogen-bond donors (Lipinski definition) is 2. The van der Waals surface area contributed by atoms with E-state index in [4.69, 9.17) is 16.3 Å². The lowest BCUT2D eigenvalue weighted by atomic mass is 9.98. The van der Waals surface area contributed by atoms with Crippen molar-refractivity contribution < 1.29 is 19.4 Å². The van der Waals surface area contributed by atoms with E-state index in [0.29, 0.717) is 35.2 Å². The Hall–Kier alpha value is -3.77. The monoisotopic (exact) mass is 560 g/mol. The van der Waals surface area contributed by atoms with Crippen molar-refractivity contribution in [2.75, 3.05) is 0 Å². The summed E-state index contributed by atoms with van der Waals surface area (Å²) in [4.78, 5) is 24.7. The Morgan fingerprint density at radius 3 is 2.40 bits per heavy atom. The van der Waals surface area contributed by atoms with E-state index in [2.05, 4.69) is 49.7 Å². The first-order chi connectivity index (χ1) is 19.0. The highest BCUT2D eigenvalue weighted by Gasteiger charge is 2.20. The number of carbonyl (C=O) groups excluding carboxylic acids is 1. The van der Waals surface area contributed by atoms with E-state index in [0.717, 1.165) is 33.3 Å². The van der Waals surface area contributed by atoms with E-state index in [1.165, 1.54) is 5.56 Å². The number of ether oxygens (including phenoxy) is 1. The second-order valence-corrected chi connectivity index (χ2v) is 11.1. The number of nitrogens with zero attached hydrogens (tertiary/aromatic N) is 1. The van der Waals surface area contributed by atoms with E-state index in [-0.39, 0.29) is 11.9 Å². The molecule has 0 saturated carbocycles. The molecule has 6 nitrogen and oxygen atoms in total. The summed E-state index contributed by atoms with van der Waals surface area (Å²) in [7, 11) is 0. The van der Waals surface area contributed by atoms with Gasteiger partial charge in [-0.2, -0.15) is 0 Å². The Morgan fingerprint density at radius 2 is 1.73 bits per heavy atom. The van der Waals surface area contributed by atoms with Crippen LogP contribution in [0.15, 0.2) is 60.7 Å². The molecule has 1 heterocycles. The Morgan fingerprint density at radius 1 is 1.00 bits per heavy atom. The highest BCUT2D eigenvalue weighted by atomic mass is 35.5. The molecule has 0 aliphatic rings. The number of aromatic nitrogens is 1. The van der Waals surface area contributed by atoms with Crippen LogP contribution in [0, 0.1) is 13.8 Å². The average molecular weight is 561 g/mol. The summed E-state index contributed by atoms with van der Waals surface area (Å²) in [5.74, 6) is -0.362. The molecule has 3 aromatic carbocycles. The Balaban J connectivity index is 1.58. The normalized spacial score (nSPS) is 12.9. The molecule has 7 heteroatoms. The highest BCUT2D eigenvalue weighted by molar-refractivity contribution is 6.32. The standard InChI is InChI=1S/C33H37ClN2O4/c1-7-30(33(38)39)40-31-15-23(11-13-28(31)34)18-36-22(6)20(4)27-17-26(12-14-29(27)36)32(37)35-21(5)25-10-8-9-24(16-25)19(2)3/h8-17,19,21,30H,7,18H2,1-6H3,(H,35,37)(H,38,39)/t21-,30+/m0/s1. The summed E-state index contributed by atoms with van der Waals surface area (Å²) >= 11 is 6.32. The zero-order valence-corrected chi connectivity index (χ0v) is 24.7. The maximum Gasteiger partial charge on any atom is 0.344 e. The quantitative estimate of drug-likeness (QED) is 0.207. The molecule has 0 spiro atoms. The van der Waals surface area contributed by atoms with Gasteiger partial charge in [0.05, 0.1) is 11.1 Å². The van der Waals surface area contributed by atoms with Crippen molar-refractivity contribution in [1.29, 1.82) is 0 Å². The van der Waals surface area contributed by atoms with Crippen molar-refractivity contribution in [2.45, 2.75) is 72.6 Å². The average Bonchev–Trinajstić information content (AvgIpc) is 3.17. The van der Waals surface area contributed by atoms with Crippen LogP contribution in [0.25, 0.3) is 10.9 Å². The van der Waals surface area contributed by atoms with Crippen molar-refractivity contribution in [3.8, 4) is 5.75 Å². The molecule has 4 aromatic rings. The van der Waals surface area contributed by atoms with Gasteiger partial charge in [-0.05, 0) is 85.7 Å². The largest absolute Gasteiger partial charge is 0.479 e. The maximum absolute atomic E-state index is 13.2. The number of carboxylic acids is 1. The Labute approximate surface area is 240 Å². The van der Waals surface area contributed by atoms with E-state index >= 15 is 0 Å². The summed E-state index contributed by atoms with van der Waals surface area (Å²) < 4.78 is 7.88. The molecule has 1 aromatic heterocycles. The number of carboxylic acid groups (broad SMARTS) is 1. The van der Waals surface area contributed by atoms with Crippen molar-refractivity contribution in [3.63, 3.8) is 0 Å². The number of hydrogen-bond acceptors (Lipinski definition) is 3. The van der Waals surface area contributed by atoms with E-state index in [1.54, 1.807) is 19.1 Å². The van der Waals surface area contributed by atoms with Crippen LogP contribution in [0.3, 0.4) is 0 Å². The fraction of sp³-hybridized carbons (Fsp3) is 0.333. The Bertz CT molecular complexity index is 1560. The van der Waals surface area contributed by atoms with Gasteiger partial charge in [-0.15, -0.1) is 0 Å². The lowest BCUT2D eigenvalue weighted by Gasteiger charge is -2.17. The van der Waals surface area contributed by atoms with Crippen LogP contribution in [-0.2, 0) is 11.3 Å². The SMILES string of the molecule is CC[C@@H](Oc1cc(Cn2c(C)c(C)c3cc(C(=O)N[C@@H](C)c4cccc(C(C)C)c4)ccc32)ccc1Cl)C(=O)O. The number of aryl methyl sites for hydroxylation is 1. The number of carbonyl (C=O) groups is 2. The predicted molar refractivity (Wildman–Crippen MR) is 161 cm³/mol. The minimum atomic E-state index is -1.02. The third-order valence-electron chi connectivity index (χ3n) is 7.58. The summed E-state index contributed by atoms with van der Waals surface area (Å²) in [5.41, 5.74) is 7.07. The van der Waals surface area contributed by atoms with E-state index in [1.807, 2.05) is 43.3 Å². The molecule has 0 unspecified atom stereocenters. The van der Waals surface area contributed by atoms with Crippen LogP contribution in [0.2, 0.25) is 5.02 Å². The third-order valence-corrected chi connectivity index (χ3v) is 7.89. The lowest BCUT2D eigenvalue weighted by molar-refractivity contribution is -0.145. The van der Waals surface area contributed by atoms with Gasteiger partial charge in [0.25, 0.3) is 5.91 Å². The molecular weight excluding hydrogens is 524 g/mol. The van der Waals surface area contributed by atoms with Crippen molar-refractivity contribution in [2.24, 2.45) is 0 Å². The molecule has 4 rings (SSSR count). The number of fused-ring (bicyclic) bond motifs is 1. The van der Waals surface area contributed by atoms with Gasteiger partial charge in [-0.1, -0.05) is 62.7 Å². The zero-order valence-electron chi connectivity index (χ0n) is 23.9. The molecule has 2 atom stereocenters. The summed E-state index contributed by atoms with van der Waals surface area (Å²) in [6, 6.07) is 19.5. The van der Waals surface area contributed by atoms with Crippen molar-refractivity contribution >= 4 is 34.4 Å². The smallest absolute Gasteiger partial charge is 0.344 e. The van der Waals surface area contributed by atoms with Gasteiger partial charge in [-0.3, -0.25) is 4.79 Å². The van der Waals surface area contributed by atoms with Gasteiger partial charge >= 0.3 is 5.97 Å². The predicted octanol–water partition coefficient (Wildman–Crippen LogP) is 7.82. The Kier molecular flexibility index (Phi) is 8.89. The number of rotatable bonds is 10. The van der Waals surface area contributed by atoms with Crippen molar-refractivity contribution in [1.82, 2.24) is 9.88 Å². The fourth-order valence-electron chi connectivity index (χ4n) is 4.93. The molecule has 0 aliphatic heterocycles. The number of nitrogens with one attached hydrogen (secondary N) is 1. The molecule has 210 valence electrons. The highest BCUT2D eigenvalue weighted by Crippen LogP contribution is 2.31. The first-order valence-corrected chi connectivity index (χ1v) is 14.1. The fourth-order valence-corrected chi connectivity index (χ4v) is 5.09. The molecule has 1 amide bonds. The van der Waals surface area contributed by atoms with Gasteiger partial charge in [0.2, 0.25) is 0 Å². The van der Waals surface area contributed by atoms with Crippen LogP contribution >= 0.6 is 11.6 Å². The number of amides is 1. The first kappa shape index (κ1) is 29.2. The van der Waals surface area contributed by atoms with Crippen LogP contribution in [0.5, 0.6) is 5.75 Å². The number of halogens is 1. The minimum absolute atomic E-state index is 0.113.